The third-order valence-electron chi connectivity index (χ3n) is 2.90. The highest BCUT2D eigenvalue weighted by Gasteiger charge is 2.16. The molecule has 88 valence electrons. The van der Waals surface area contributed by atoms with Gasteiger partial charge in [0.1, 0.15) is 0 Å². The molecule has 1 aliphatic rings. The standard InChI is InChI=1S/C13H20N2S/c1-13(2,9-14)15-11-5-6-12-10(8-11)4-3-7-16-12/h5-6,8,15H,3-4,7,9,14H2,1-2H3. The van der Waals surface area contributed by atoms with Gasteiger partial charge in [0.15, 0.2) is 0 Å². The average Bonchev–Trinajstić information content (AvgIpc) is 2.28. The summed E-state index contributed by atoms with van der Waals surface area (Å²) >= 11 is 1.97. The van der Waals surface area contributed by atoms with Crippen LogP contribution in [0.15, 0.2) is 23.1 Å². The lowest BCUT2D eigenvalue weighted by Crippen LogP contribution is -2.39. The van der Waals surface area contributed by atoms with Crippen LogP contribution in [0.1, 0.15) is 25.8 Å². The molecule has 1 aliphatic heterocycles. The summed E-state index contributed by atoms with van der Waals surface area (Å²) in [6, 6.07) is 6.67. The molecule has 1 heterocycles. The maximum atomic E-state index is 5.73. The molecule has 2 rings (SSSR count). The van der Waals surface area contributed by atoms with Crippen molar-refractivity contribution >= 4 is 17.4 Å². The summed E-state index contributed by atoms with van der Waals surface area (Å²) in [6.07, 6.45) is 2.50. The van der Waals surface area contributed by atoms with Crippen molar-refractivity contribution in [3.05, 3.63) is 23.8 Å². The van der Waals surface area contributed by atoms with Crippen molar-refractivity contribution in [3.8, 4) is 0 Å². The van der Waals surface area contributed by atoms with Crippen LogP contribution in [0.2, 0.25) is 0 Å². The van der Waals surface area contributed by atoms with Crippen LogP contribution in [-0.2, 0) is 6.42 Å². The molecule has 3 N–H and O–H groups in total. The van der Waals surface area contributed by atoms with E-state index in [1.165, 1.54) is 34.7 Å². The van der Waals surface area contributed by atoms with Crippen LogP contribution in [0.3, 0.4) is 0 Å². The van der Waals surface area contributed by atoms with E-state index >= 15 is 0 Å². The Morgan fingerprint density at radius 2 is 2.25 bits per heavy atom. The Morgan fingerprint density at radius 1 is 1.44 bits per heavy atom. The van der Waals surface area contributed by atoms with Crippen LogP contribution < -0.4 is 11.1 Å². The molecule has 0 radical (unpaired) electrons. The molecule has 0 saturated heterocycles. The number of anilines is 1. The van der Waals surface area contributed by atoms with Gasteiger partial charge in [0.2, 0.25) is 0 Å². The van der Waals surface area contributed by atoms with Gasteiger partial charge < -0.3 is 11.1 Å². The first kappa shape index (κ1) is 11.8. The predicted molar refractivity (Wildman–Crippen MR) is 72.2 cm³/mol. The predicted octanol–water partition coefficient (Wildman–Crippen LogP) is 2.87. The van der Waals surface area contributed by atoms with E-state index in [9.17, 15) is 0 Å². The van der Waals surface area contributed by atoms with Crippen LogP contribution in [0, 0.1) is 0 Å². The number of aryl methyl sites for hydroxylation is 1. The minimum Gasteiger partial charge on any atom is -0.379 e. The van der Waals surface area contributed by atoms with Crippen molar-refractivity contribution in [2.75, 3.05) is 17.6 Å². The first-order chi connectivity index (χ1) is 7.61. The highest BCUT2D eigenvalue weighted by Crippen LogP contribution is 2.32. The number of hydrogen-bond acceptors (Lipinski definition) is 3. The molecule has 0 spiro atoms. The van der Waals surface area contributed by atoms with Gasteiger partial charge >= 0.3 is 0 Å². The summed E-state index contributed by atoms with van der Waals surface area (Å²) in [6.45, 7) is 4.89. The molecule has 0 saturated carbocycles. The molecule has 0 aliphatic carbocycles. The minimum absolute atomic E-state index is 0.0317. The maximum absolute atomic E-state index is 5.73. The highest BCUT2D eigenvalue weighted by atomic mass is 32.2. The largest absolute Gasteiger partial charge is 0.379 e. The quantitative estimate of drug-likeness (QED) is 0.847. The van der Waals surface area contributed by atoms with Crippen LogP contribution in [0.25, 0.3) is 0 Å². The lowest BCUT2D eigenvalue weighted by molar-refractivity contribution is 0.580. The van der Waals surface area contributed by atoms with Crippen molar-refractivity contribution in [2.24, 2.45) is 5.73 Å². The summed E-state index contributed by atoms with van der Waals surface area (Å²) in [4.78, 5) is 1.45. The van der Waals surface area contributed by atoms with Crippen LogP contribution in [0.5, 0.6) is 0 Å². The van der Waals surface area contributed by atoms with Crippen LogP contribution in [0.4, 0.5) is 5.69 Å². The lowest BCUT2D eigenvalue weighted by atomic mass is 10.0. The van der Waals surface area contributed by atoms with E-state index in [-0.39, 0.29) is 5.54 Å². The zero-order valence-electron chi connectivity index (χ0n) is 10.0. The van der Waals surface area contributed by atoms with E-state index in [0.717, 1.165) is 0 Å². The SMILES string of the molecule is CC(C)(CN)Nc1ccc2c(c1)CCCS2. The first-order valence-electron chi connectivity index (χ1n) is 5.85. The van der Waals surface area contributed by atoms with Gasteiger partial charge in [-0.3, -0.25) is 0 Å². The molecule has 0 atom stereocenters. The highest BCUT2D eigenvalue weighted by molar-refractivity contribution is 7.99. The molecule has 0 amide bonds. The lowest BCUT2D eigenvalue weighted by Gasteiger charge is -2.26. The minimum atomic E-state index is -0.0317. The van der Waals surface area contributed by atoms with Gasteiger partial charge in [0.05, 0.1) is 0 Å². The van der Waals surface area contributed by atoms with Crippen LogP contribution in [-0.4, -0.2) is 17.8 Å². The molecular weight excluding hydrogens is 216 g/mol. The van der Waals surface area contributed by atoms with Gasteiger partial charge in [-0.05, 0) is 56.2 Å². The number of rotatable bonds is 3. The van der Waals surface area contributed by atoms with E-state index in [2.05, 4.69) is 37.4 Å². The fourth-order valence-electron chi connectivity index (χ4n) is 1.88. The second-order valence-electron chi connectivity index (χ2n) is 4.99. The number of nitrogens with two attached hydrogens (primary N) is 1. The summed E-state index contributed by atoms with van der Waals surface area (Å²) in [7, 11) is 0. The van der Waals surface area contributed by atoms with Gasteiger partial charge in [-0.25, -0.2) is 0 Å². The summed E-state index contributed by atoms with van der Waals surface area (Å²) in [5, 5.41) is 3.48. The fraction of sp³-hybridized carbons (Fsp3) is 0.538. The third kappa shape index (κ3) is 2.71. The summed E-state index contributed by atoms with van der Waals surface area (Å²) < 4.78 is 0. The Morgan fingerprint density at radius 3 is 3.00 bits per heavy atom. The van der Waals surface area contributed by atoms with Crippen molar-refractivity contribution in [1.29, 1.82) is 0 Å². The molecule has 1 aromatic rings. The molecule has 1 aromatic carbocycles. The van der Waals surface area contributed by atoms with E-state index in [1.807, 2.05) is 11.8 Å². The van der Waals surface area contributed by atoms with Crippen molar-refractivity contribution in [2.45, 2.75) is 37.1 Å². The number of thioether (sulfide) groups is 1. The second-order valence-corrected chi connectivity index (χ2v) is 6.12. The Bertz CT molecular complexity index is 374. The Kier molecular flexibility index (Phi) is 3.45. The van der Waals surface area contributed by atoms with Gasteiger partial charge in [-0.1, -0.05) is 0 Å². The van der Waals surface area contributed by atoms with Crippen molar-refractivity contribution in [3.63, 3.8) is 0 Å². The second kappa shape index (κ2) is 4.68. The van der Waals surface area contributed by atoms with E-state index in [4.69, 9.17) is 5.73 Å². The molecule has 0 bridgehead atoms. The van der Waals surface area contributed by atoms with E-state index in [0.29, 0.717) is 6.54 Å². The normalized spacial score (nSPS) is 15.7. The maximum Gasteiger partial charge on any atom is 0.0439 e. The average molecular weight is 236 g/mol. The van der Waals surface area contributed by atoms with E-state index < -0.39 is 0 Å². The molecule has 0 fully saturated rings. The van der Waals surface area contributed by atoms with E-state index in [1.54, 1.807) is 0 Å². The smallest absolute Gasteiger partial charge is 0.0439 e. The van der Waals surface area contributed by atoms with Crippen molar-refractivity contribution < 1.29 is 0 Å². The topological polar surface area (TPSA) is 38.0 Å². The molecular formula is C13H20N2S. The number of hydrogen-bond donors (Lipinski definition) is 2. The van der Waals surface area contributed by atoms with Gasteiger partial charge in [0, 0.05) is 22.7 Å². The van der Waals surface area contributed by atoms with Gasteiger partial charge in [0.25, 0.3) is 0 Å². The molecule has 16 heavy (non-hydrogen) atoms. The fourth-order valence-corrected chi connectivity index (χ4v) is 2.90. The van der Waals surface area contributed by atoms with Gasteiger partial charge in [-0.2, -0.15) is 0 Å². The Hall–Kier alpha value is -0.670. The molecule has 0 aromatic heterocycles. The Balaban J connectivity index is 2.17. The van der Waals surface area contributed by atoms with Gasteiger partial charge in [-0.15, -0.1) is 11.8 Å². The Labute approximate surface area is 102 Å². The third-order valence-corrected chi connectivity index (χ3v) is 4.10. The number of nitrogens with one attached hydrogen (secondary N) is 1. The zero-order valence-corrected chi connectivity index (χ0v) is 10.9. The summed E-state index contributed by atoms with van der Waals surface area (Å²) in [5.74, 6) is 1.26. The number of fused-ring (bicyclic) bond motifs is 1. The molecule has 0 unspecified atom stereocenters. The zero-order chi connectivity index (χ0) is 11.6. The first-order valence-corrected chi connectivity index (χ1v) is 6.83. The molecule has 3 heteroatoms. The molecule has 2 nitrogen and oxygen atoms in total. The summed E-state index contributed by atoms with van der Waals surface area (Å²) in [5.41, 5.74) is 8.37. The number of benzene rings is 1. The monoisotopic (exact) mass is 236 g/mol. The van der Waals surface area contributed by atoms with Crippen molar-refractivity contribution in [1.82, 2.24) is 0 Å². The van der Waals surface area contributed by atoms with Crippen LogP contribution >= 0.6 is 11.8 Å².